The molecule has 0 spiro atoms. The van der Waals surface area contributed by atoms with Gasteiger partial charge in [0.25, 0.3) is 5.69 Å². The maximum atomic E-state index is 10.6. The van der Waals surface area contributed by atoms with Crippen LogP contribution in [0.3, 0.4) is 0 Å². The van der Waals surface area contributed by atoms with Crippen molar-refractivity contribution in [2.45, 2.75) is 6.92 Å². The minimum Gasteiger partial charge on any atom is -0.291 e. The summed E-state index contributed by atoms with van der Waals surface area (Å²) in [5.41, 5.74) is 1.46. The summed E-state index contributed by atoms with van der Waals surface area (Å²) in [4.78, 5) is 14.0. The molecule has 2 rings (SSSR count). The average molecular weight is 228 g/mol. The van der Waals surface area contributed by atoms with E-state index in [4.69, 9.17) is 5.26 Å². The maximum absolute atomic E-state index is 10.6. The third-order valence-corrected chi connectivity index (χ3v) is 2.39. The first kappa shape index (κ1) is 10.8. The fraction of sp³-hybridized carbons (Fsp3) is 0.0909. The standard InChI is InChI=1S/C11H8N4O2/c1-8-6-9(15(16)17)2-3-10(8)14-5-4-13-11(14)7-12/h2-6H,1H3. The van der Waals surface area contributed by atoms with Crippen LogP contribution < -0.4 is 0 Å². The van der Waals surface area contributed by atoms with Gasteiger partial charge in [0.15, 0.2) is 0 Å². The molecule has 0 aliphatic heterocycles. The Morgan fingerprint density at radius 1 is 1.53 bits per heavy atom. The summed E-state index contributed by atoms with van der Waals surface area (Å²) >= 11 is 0. The van der Waals surface area contributed by atoms with Crippen molar-refractivity contribution in [3.8, 4) is 11.8 Å². The van der Waals surface area contributed by atoms with E-state index in [1.807, 2.05) is 6.07 Å². The molecule has 0 unspecified atom stereocenters. The van der Waals surface area contributed by atoms with Gasteiger partial charge in [-0.3, -0.25) is 14.7 Å². The number of nitro groups is 1. The Balaban J connectivity index is 2.55. The summed E-state index contributed by atoms with van der Waals surface area (Å²) in [6, 6.07) is 6.44. The highest BCUT2D eigenvalue weighted by Crippen LogP contribution is 2.21. The number of aromatic nitrogens is 2. The molecule has 0 saturated heterocycles. The van der Waals surface area contributed by atoms with Crippen molar-refractivity contribution < 1.29 is 4.92 Å². The Hall–Kier alpha value is -2.68. The van der Waals surface area contributed by atoms with E-state index in [2.05, 4.69) is 4.98 Å². The van der Waals surface area contributed by atoms with E-state index in [0.717, 1.165) is 0 Å². The zero-order valence-corrected chi connectivity index (χ0v) is 8.99. The molecule has 0 aliphatic carbocycles. The molecular formula is C11H8N4O2. The largest absolute Gasteiger partial charge is 0.291 e. The first-order valence-corrected chi connectivity index (χ1v) is 4.82. The van der Waals surface area contributed by atoms with Gasteiger partial charge in [-0.05, 0) is 18.6 Å². The molecule has 0 aliphatic rings. The van der Waals surface area contributed by atoms with Gasteiger partial charge in [-0.1, -0.05) is 0 Å². The first-order chi connectivity index (χ1) is 8.13. The van der Waals surface area contributed by atoms with Gasteiger partial charge in [-0.2, -0.15) is 5.26 Å². The summed E-state index contributed by atoms with van der Waals surface area (Å²) < 4.78 is 1.60. The van der Waals surface area contributed by atoms with E-state index in [0.29, 0.717) is 11.3 Å². The molecule has 2 aromatic rings. The molecule has 0 amide bonds. The van der Waals surface area contributed by atoms with E-state index in [1.54, 1.807) is 23.8 Å². The number of nitro benzene ring substituents is 1. The van der Waals surface area contributed by atoms with Crippen LogP contribution >= 0.6 is 0 Å². The lowest BCUT2D eigenvalue weighted by Gasteiger charge is -2.06. The van der Waals surface area contributed by atoms with Crippen molar-refractivity contribution in [1.82, 2.24) is 9.55 Å². The Labute approximate surface area is 96.9 Å². The number of nitrogens with zero attached hydrogens (tertiary/aromatic N) is 4. The molecular weight excluding hydrogens is 220 g/mol. The number of rotatable bonds is 2. The normalized spacial score (nSPS) is 9.88. The van der Waals surface area contributed by atoms with Gasteiger partial charge in [-0.25, -0.2) is 4.98 Å². The number of nitriles is 1. The summed E-state index contributed by atoms with van der Waals surface area (Å²) in [7, 11) is 0. The topological polar surface area (TPSA) is 84.8 Å². The van der Waals surface area contributed by atoms with E-state index < -0.39 is 4.92 Å². The van der Waals surface area contributed by atoms with Crippen molar-refractivity contribution >= 4 is 5.69 Å². The second kappa shape index (κ2) is 4.06. The number of hydrogen-bond acceptors (Lipinski definition) is 4. The molecule has 1 aromatic heterocycles. The molecule has 0 N–H and O–H groups in total. The zero-order chi connectivity index (χ0) is 12.4. The van der Waals surface area contributed by atoms with Crippen LogP contribution in [0.5, 0.6) is 0 Å². The van der Waals surface area contributed by atoms with Crippen LogP contribution in [0.4, 0.5) is 5.69 Å². The summed E-state index contributed by atoms with van der Waals surface area (Å²) in [5.74, 6) is 0.252. The first-order valence-electron chi connectivity index (χ1n) is 4.82. The molecule has 0 radical (unpaired) electrons. The maximum Gasteiger partial charge on any atom is 0.269 e. The molecule has 1 heterocycles. The summed E-state index contributed by atoms with van der Waals surface area (Å²) in [6.45, 7) is 1.75. The highest BCUT2D eigenvalue weighted by Gasteiger charge is 2.11. The van der Waals surface area contributed by atoms with Crippen molar-refractivity contribution in [2.24, 2.45) is 0 Å². The fourth-order valence-electron chi connectivity index (χ4n) is 1.60. The predicted octanol–water partition coefficient (Wildman–Crippen LogP) is 1.96. The number of benzene rings is 1. The molecule has 0 saturated carbocycles. The molecule has 0 bridgehead atoms. The monoisotopic (exact) mass is 228 g/mol. The lowest BCUT2D eigenvalue weighted by Crippen LogP contribution is -2.00. The lowest BCUT2D eigenvalue weighted by molar-refractivity contribution is -0.384. The lowest BCUT2D eigenvalue weighted by atomic mass is 10.2. The van der Waals surface area contributed by atoms with E-state index >= 15 is 0 Å². The summed E-state index contributed by atoms with van der Waals surface area (Å²) in [6.07, 6.45) is 3.16. The fourth-order valence-corrected chi connectivity index (χ4v) is 1.60. The average Bonchev–Trinajstić information content (AvgIpc) is 2.76. The SMILES string of the molecule is Cc1cc([N+](=O)[O-])ccc1-n1ccnc1C#N. The van der Waals surface area contributed by atoms with Crippen LogP contribution in [0, 0.1) is 28.4 Å². The van der Waals surface area contributed by atoms with Gasteiger partial charge in [0.05, 0.1) is 10.6 Å². The Kier molecular flexibility index (Phi) is 2.58. The van der Waals surface area contributed by atoms with Gasteiger partial charge in [0, 0.05) is 24.5 Å². The van der Waals surface area contributed by atoms with Crippen LogP contribution in [0.15, 0.2) is 30.6 Å². The third-order valence-electron chi connectivity index (χ3n) is 2.39. The highest BCUT2D eigenvalue weighted by molar-refractivity contribution is 5.49. The van der Waals surface area contributed by atoms with Crippen molar-refractivity contribution in [3.05, 3.63) is 52.1 Å². The van der Waals surface area contributed by atoms with Crippen LogP contribution in [-0.2, 0) is 0 Å². The van der Waals surface area contributed by atoms with E-state index in [1.165, 1.54) is 18.3 Å². The van der Waals surface area contributed by atoms with Gasteiger partial charge in [0.1, 0.15) is 6.07 Å². The number of imidazole rings is 1. The quantitative estimate of drug-likeness (QED) is 0.580. The molecule has 6 heteroatoms. The van der Waals surface area contributed by atoms with Gasteiger partial charge >= 0.3 is 0 Å². The molecule has 1 aromatic carbocycles. The van der Waals surface area contributed by atoms with Crippen LogP contribution in [0.1, 0.15) is 11.4 Å². The minimum atomic E-state index is -0.449. The second-order valence-corrected chi connectivity index (χ2v) is 3.46. The zero-order valence-electron chi connectivity index (χ0n) is 8.99. The summed E-state index contributed by atoms with van der Waals surface area (Å²) in [5, 5.41) is 19.5. The van der Waals surface area contributed by atoms with Crippen LogP contribution in [0.2, 0.25) is 0 Å². The molecule has 84 valence electrons. The van der Waals surface area contributed by atoms with Gasteiger partial charge in [-0.15, -0.1) is 0 Å². The van der Waals surface area contributed by atoms with Crippen molar-refractivity contribution in [1.29, 1.82) is 5.26 Å². The second-order valence-electron chi connectivity index (χ2n) is 3.46. The molecule has 17 heavy (non-hydrogen) atoms. The highest BCUT2D eigenvalue weighted by atomic mass is 16.6. The third kappa shape index (κ3) is 1.86. The Morgan fingerprint density at radius 3 is 2.88 bits per heavy atom. The predicted molar refractivity (Wildman–Crippen MR) is 59.7 cm³/mol. The minimum absolute atomic E-state index is 0.0323. The number of aryl methyl sites for hydroxylation is 1. The molecule has 6 nitrogen and oxygen atoms in total. The van der Waals surface area contributed by atoms with Gasteiger partial charge < -0.3 is 0 Å². The van der Waals surface area contributed by atoms with Crippen LogP contribution in [-0.4, -0.2) is 14.5 Å². The van der Waals surface area contributed by atoms with E-state index in [9.17, 15) is 10.1 Å². The van der Waals surface area contributed by atoms with Crippen molar-refractivity contribution in [3.63, 3.8) is 0 Å². The van der Waals surface area contributed by atoms with Crippen LogP contribution in [0.25, 0.3) is 5.69 Å². The number of hydrogen-bond donors (Lipinski definition) is 0. The molecule has 0 fully saturated rings. The van der Waals surface area contributed by atoms with Gasteiger partial charge in [0.2, 0.25) is 5.82 Å². The Bertz CT molecular complexity index is 625. The molecule has 0 atom stereocenters. The van der Waals surface area contributed by atoms with Crippen molar-refractivity contribution in [2.75, 3.05) is 0 Å². The van der Waals surface area contributed by atoms with E-state index in [-0.39, 0.29) is 11.5 Å². The Morgan fingerprint density at radius 2 is 2.29 bits per heavy atom. The smallest absolute Gasteiger partial charge is 0.269 e. The number of non-ortho nitro benzene ring substituents is 1.